The van der Waals surface area contributed by atoms with Crippen molar-refractivity contribution < 1.29 is 9.53 Å². The molecule has 1 aliphatic carbocycles. The van der Waals surface area contributed by atoms with Crippen molar-refractivity contribution in [3.8, 4) is 0 Å². The summed E-state index contributed by atoms with van der Waals surface area (Å²) in [6.45, 7) is 6.40. The van der Waals surface area contributed by atoms with Crippen LogP contribution < -0.4 is 5.73 Å². The summed E-state index contributed by atoms with van der Waals surface area (Å²) in [6, 6.07) is 0.295. The van der Waals surface area contributed by atoms with Crippen LogP contribution in [-0.2, 0) is 9.53 Å². The maximum absolute atomic E-state index is 12.2. The van der Waals surface area contributed by atoms with Crippen LogP contribution in [0.5, 0.6) is 0 Å². The van der Waals surface area contributed by atoms with Crippen molar-refractivity contribution in [2.75, 3.05) is 19.7 Å². The molecule has 2 rings (SSSR count). The fraction of sp³-hybridized carbons (Fsp3) is 0.929. The molecule has 0 bridgehead atoms. The van der Waals surface area contributed by atoms with E-state index in [0.717, 1.165) is 32.4 Å². The van der Waals surface area contributed by atoms with Crippen molar-refractivity contribution >= 4 is 18.3 Å². The van der Waals surface area contributed by atoms with Gasteiger partial charge in [-0.1, -0.05) is 13.3 Å². The van der Waals surface area contributed by atoms with Gasteiger partial charge in [0.25, 0.3) is 5.91 Å². The molecular formula is C14H27ClN2O2. The Morgan fingerprint density at radius 2 is 2.16 bits per heavy atom. The van der Waals surface area contributed by atoms with E-state index in [1.54, 1.807) is 0 Å². The quantitative estimate of drug-likeness (QED) is 0.786. The van der Waals surface area contributed by atoms with Crippen molar-refractivity contribution in [1.29, 1.82) is 0 Å². The van der Waals surface area contributed by atoms with Crippen LogP contribution in [0.3, 0.4) is 0 Å². The molecular weight excluding hydrogens is 264 g/mol. The third kappa shape index (κ3) is 3.83. The van der Waals surface area contributed by atoms with Crippen molar-refractivity contribution in [2.24, 2.45) is 17.6 Å². The Hall–Kier alpha value is -0.320. The molecule has 0 aromatic rings. The Morgan fingerprint density at radius 3 is 2.79 bits per heavy atom. The van der Waals surface area contributed by atoms with Gasteiger partial charge in [0.2, 0.25) is 0 Å². The number of nitrogens with zero attached hydrogens (tertiary/aromatic N) is 1. The summed E-state index contributed by atoms with van der Waals surface area (Å²) in [4.78, 5) is 14.2. The zero-order valence-corrected chi connectivity index (χ0v) is 12.8. The average Bonchev–Trinajstić information content (AvgIpc) is 2.91. The van der Waals surface area contributed by atoms with Crippen LogP contribution in [0.15, 0.2) is 0 Å². The van der Waals surface area contributed by atoms with Crippen molar-refractivity contribution in [1.82, 2.24) is 4.90 Å². The second-order valence-electron chi connectivity index (χ2n) is 5.77. The van der Waals surface area contributed by atoms with E-state index in [2.05, 4.69) is 6.92 Å². The van der Waals surface area contributed by atoms with Gasteiger partial charge >= 0.3 is 0 Å². The minimum Gasteiger partial charge on any atom is -0.369 e. The fourth-order valence-electron chi connectivity index (χ4n) is 3.22. The Balaban J connectivity index is 0.00000180. The molecule has 4 unspecified atom stereocenters. The van der Waals surface area contributed by atoms with Gasteiger partial charge in [-0.2, -0.15) is 0 Å². The molecule has 5 heteroatoms. The number of halogens is 1. The monoisotopic (exact) mass is 290 g/mol. The van der Waals surface area contributed by atoms with Crippen LogP contribution in [0.1, 0.15) is 39.5 Å². The zero-order chi connectivity index (χ0) is 13.1. The van der Waals surface area contributed by atoms with E-state index in [1.165, 1.54) is 6.42 Å². The molecule has 1 heterocycles. The first-order chi connectivity index (χ1) is 8.63. The van der Waals surface area contributed by atoms with Gasteiger partial charge in [-0.15, -0.1) is 12.4 Å². The molecule has 0 aromatic carbocycles. The molecule has 0 spiro atoms. The number of carbonyl (C=O) groups excluding carboxylic acids is 1. The van der Waals surface area contributed by atoms with E-state index in [-0.39, 0.29) is 24.4 Å². The number of hydrogen-bond donors (Lipinski definition) is 1. The zero-order valence-electron chi connectivity index (χ0n) is 12.0. The highest BCUT2D eigenvalue weighted by molar-refractivity contribution is 5.85. The first-order valence-corrected chi connectivity index (χ1v) is 7.29. The number of rotatable bonds is 5. The smallest absolute Gasteiger partial charge is 0.251 e. The second-order valence-corrected chi connectivity index (χ2v) is 5.77. The van der Waals surface area contributed by atoms with E-state index in [1.807, 2.05) is 11.8 Å². The van der Waals surface area contributed by atoms with Gasteiger partial charge in [0, 0.05) is 25.7 Å². The summed E-state index contributed by atoms with van der Waals surface area (Å²) in [7, 11) is 0. The predicted octanol–water partition coefficient (Wildman–Crippen LogP) is 1.81. The molecule has 4 atom stereocenters. The molecule has 1 amide bonds. The summed E-state index contributed by atoms with van der Waals surface area (Å²) >= 11 is 0. The number of nitrogens with two attached hydrogens (primary N) is 1. The molecule has 0 aromatic heterocycles. The van der Waals surface area contributed by atoms with Gasteiger partial charge in [0.05, 0.1) is 0 Å². The maximum Gasteiger partial charge on any atom is 0.251 e. The first-order valence-electron chi connectivity index (χ1n) is 7.29. The van der Waals surface area contributed by atoms with Crippen LogP contribution in [0.2, 0.25) is 0 Å². The molecule has 19 heavy (non-hydrogen) atoms. The summed E-state index contributed by atoms with van der Waals surface area (Å²) in [5.41, 5.74) is 6.09. The molecule has 112 valence electrons. The maximum atomic E-state index is 12.2. The number of hydrogen-bond acceptors (Lipinski definition) is 3. The third-order valence-electron chi connectivity index (χ3n) is 4.44. The molecule has 1 aliphatic heterocycles. The molecule has 4 nitrogen and oxygen atoms in total. The number of likely N-dealkylation sites (tertiary alicyclic amines) is 1. The SMILES string of the molecule is CCCCOC(C)C(=O)N1CC2CCC(N)C2C1.Cl. The van der Waals surface area contributed by atoms with Crippen LogP contribution in [0.4, 0.5) is 0 Å². The molecule has 2 aliphatic rings. The highest BCUT2D eigenvalue weighted by Crippen LogP contribution is 2.37. The Bertz CT molecular complexity index is 301. The van der Waals surface area contributed by atoms with Crippen molar-refractivity contribution in [3.63, 3.8) is 0 Å². The van der Waals surface area contributed by atoms with Gasteiger partial charge in [-0.25, -0.2) is 0 Å². The average molecular weight is 291 g/mol. The number of fused-ring (bicyclic) bond motifs is 1. The molecule has 1 saturated heterocycles. The number of carbonyl (C=O) groups is 1. The Labute approximate surface area is 122 Å². The topological polar surface area (TPSA) is 55.6 Å². The minimum atomic E-state index is -0.299. The van der Waals surface area contributed by atoms with E-state index in [4.69, 9.17) is 10.5 Å². The van der Waals surface area contributed by atoms with Gasteiger partial charge in [0.15, 0.2) is 0 Å². The highest BCUT2D eigenvalue weighted by Gasteiger charge is 2.43. The van der Waals surface area contributed by atoms with E-state index >= 15 is 0 Å². The van der Waals surface area contributed by atoms with Crippen molar-refractivity contribution in [2.45, 2.75) is 51.7 Å². The number of ether oxygens (including phenoxy) is 1. The van der Waals surface area contributed by atoms with Crippen LogP contribution in [0.25, 0.3) is 0 Å². The van der Waals surface area contributed by atoms with E-state index < -0.39 is 0 Å². The summed E-state index contributed by atoms with van der Waals surface area (Å²) in [6.07, 6.45) is 4.13. The second kappa shape index (κ2) is 7.46. The summed E-state index contributed by atoms with van der Waals surface area (Å²) < 4.78 is 5.58. The lowest BCUT2D eigenvalue weighted by Crippen LogP contribution is -2.39. The first kappa shape index (κ1) is 16.7. The largest absolute Gasteiger partial charge is 0.369 e. The number of amides is 1. The molecule has 0 radical (unpaired) electrons. The third-order valence-corrected chi connectivity index (χ3v) is 4.44. The standard InChI is InChI=1S/C14H26N2O2.ClH/c1-3-4-7-18-10(2)14(17)16-8-11-5-6-13(15)12(11)9-16;/h10-13H,3-9,15H2,1-2H3;1H. The fourth-order valence-corrected chi connectivity index (χ4v) is 3.22. The predicted molar refractivity (Wildman–Crippen MR) is 78.3 cm³/mol. The molecule has 1 saturated carbocycles. The normalized spacial score (nSPS) is 30.9. The van der Waals surface area contributed by atoms with Crippen molar-refractivity contribution in [3.05, 3.63) is 0 Å². The lowest BCUT2D eigenvalue weighted by atomic mass is 9.98. The van der Waals surface area contributed by atoms with Gasteiger partial charge in [-0.05, 0) is 38.0 Å². The van der Waals surface area contributed by atoms with Gasteiger partial charge in [0.1, 0.15) is 6.10 Å². The van der Waals surface area contributed by atoms with E-state index in [0.29, 0.717) is 24.5 Å². The van der Waals surface area contributed by atoms with Crippen LogP contribution in [-0.4, -0.2) is 42.6 Å². The highest BCUT2D eigenvalue weighted by atomic mass is 35.5. The van der Waals surface area contributed by atoms with E-state index in [9.17, 15) is 4.79 Å². The molecule has 2 fully saturated rings. The Kier molecular flexibility index (Phi) is 6.57. The number of unbranched alkanes of at least 4 members (excludes halogenated alkanes) is 1. The van der Waals surface area contributed by atoms with Gasteiger partial charge in [-0.3, -0.25) is 4.79 Å². The van der Waals surface area contributed by atoms with Gasteiger partial charge < -0.3 is 15.4 Å². The summed E-state index contributed by atoms with van der Waals surface area (Å²) in [5.74, 6) is 1.30. The molecule has 2 N–H and O–H groups in total. The Morgan fingerprint density at radius 1 is 1.42 bits per heavy atom. The van der Waals surface area contributed by atoms with Crippen LogP contribution in [0, 0.1) is 11.8 Å². The lowest BCUT2D eigenvalue weighted by Gasteiger charge is -2.22. The summed E-state index contributed by atoms with van der Waals surface area (Å²) in [5, 5.41) is 0. The lowest BCUT2D eigenvalue weighted by molar-refractivity contribution is -0.141. The minimum absolute atomic E-state index is 0. The van der Waals surface area contributed by atoms with Crippen LogP contribution >= 0.6 is 12.4 Å².